The number of hydrogen-bond acceptors (Lipinski definition) is 4. The summed E-state index contributed by atoms with van der Waals surface area (Å²) in [5.74, 6) is 1.24. The number of nitrogens with one attached hydrogen (secondary N) is 1. The first-order valence-corrected chi connectivity index (χ1v) is 6.37. The molecule has 0 unspecified atom stereocenters. The van der Waals surface area contributed by atoms with Gasteiger partial charge in [0.15, 0.2) is 5.69 Å². The van der Waals surface area contributed by atoms with Crippen molar-refractivity contribution in [2.75, 3.05) is 26.0 Å². The maximum atomic E-state index is 11.6. The van der Waals surface area contributed by atoms with Crippen molar-refractivity contribution < 1.29 is 4.79 Å². The van der Waals surface area contributed by atoms with E-state index in [9.17, 15) is 4.79 Å². The molecule has 0 radical (unpaired) electrons. The average molecular weight is 250 g/mol. The van der Waals surface area contributed by atoms with Gasteiger partial charge in [0.2, 0.25) is 0 Å². The van der Waals surface area contributed by atoms with E-state index >= 15 is 0 Å². The Hall–Kier alpha value is -1.65. The zero-order valence-corrected chi connectivity index (χ0v) is 11.6. The molecule has 1 aromatic rings. The monoisotopic (exact) mass is 250 g/mol. The molecule has 100 valence electrons. The van der Waals surface area contributed by atoms with E-state index in [0.717, 1.165) is 25.2 Å². The van der Waals surface area contributed by atoms with Gasteiger partial charge in [0.05, 0.1) is 0 Å². The Balaban J connectivity index is 2.58. The largest absolute Gasteiger partial charge is 0.368 e. The lowest BCUT2D eigenvalue weighted by molar-refractivity contribution is 0.0821. The van der Waals surface area contributed by atoms with Gasteiger partial charge < -0.3 is 10.2 Å². The number of carbonyl (C=O) groups excluding carboxylic acids is 1. The predicted molar refractivity (Wildman–Crippen MR) is 72.6 cm³/mol. The van der Waals surface area contributed by atoms with Crippen LogP contribution in [-0.2, 0) is 0 Å². The number of aromatic nitrogens is 2. The number of amides is 1. The summed E-state index contributed by atoms with van der Waals surface area (Å²) in [6, 6.07) is 3.50. The van der Waals surface area contributed by atoms with Crippen molar-refractivity contribution in [3.63, 3.8) is 0 Å². The summed E-state index contributed by atoms with van der Waals surface area (Å²) in [5.41, 5.74) is 0.369. The molecule has 0 saturated heterocycles. The van der Waals surface area contributed by atoms with Gasteiger partial charge in [-0.05, 0) is 18.1 Å². The normalized spacial score (nSPS) is 10.5. The van der Waals surface area contributed by atoms with E-state index in [4.69, 9.17) is 0 Å². The molecule has 5 heteroatoms. The molecular weight excluding hydrogens is 228 g/mol. The molecule has 0 spiro atoms. The minimum absolute atomic E-state index is 0.131. The van der Waals surface area contributed by atoms with Crippen molar-refractivity contribution in [3.05, 3.63) is 17.8 Å². The van der Waals surface area contributed by atoms with E-state index in [-0.39, 0.29) is 5.91 Å². The standard InChI is InChI=1S/C13H22N4O/c1-5-10(6-2)9-14-12-8-7-11(15-16-12)13(18)17(3)4/h7-8,10H,5-6,9H2,1-4H3,(H,14,16). The number of nitrogens with zero attached hydrogens (tertiary/aromatic N) is 3. The third-order valence-electron chi connectivity index (χ3n) is 3.02. The van der Waals surface area contributed by atoms with Gasteiger partial charge in [-0.3, -0.25) is 4.79 Å². The van der Waals surface area contributed by atoms with Crippen molar-refractivity contribution in [1.29, 1.82) is 0 Å². The predicted octanol–water partition coefficient (Wildman–Crippen LogP) is 2.03. The lowest BCUT2D eigenvalue weighted by atomic mass is 10.0. The van der Waals surface area contributed by atoms with Gasteiger partial charge in [-0.2, -0.15) is 0 Å². The van der Waals surface area contributed by atoms with E-state index in [0.29, 0.717) is 11.6 Å². The van der Waals surface area contributed by atoms with E-state index < -0.39 is 0 Å². The molecule has 1 rings (SSSR count). The molecular formula is C13H22N4O. The van der Waals surface area contributed by atoms with Gasteiger partial charge in [0.1, 0.15) is 5.82 Å². The summed E-state index contributed by atoms with van der Waals surface area (Å²) < 4.78 is 0. The first-order chi connectivity index (χ1) is 8.58. The lowest BCUT2D eigenvalue weighted by Crippen LogP contribution is -2.23. The molecule has 0 bridgehead atoms. The Labute approximate surface area is 109 Å². The molecule has 0 aromatic carbocycles. The SMILES string of the molecule is CCC(CC)CNc1ccc(C(=O)N(C)C)nn1. The summed E-state index contributed by atoms with van der Waals surface area (Å²) >= 11 is 0. The highest BCUT2D eigenvalue weighted by atomic mass is 16.2. The average Bonchev–Trinajstić information content (AvgIpc) is 2.39. The van der Waals surface area contributed by atoms with Crippen LogP contribution in [0.2, 0.25) is 0 Å². The molecule has 0 fully saturated rings. The zero-order valence-electron chi connectivity index (χ0n) is 11.6. The molecule has 18 heavy (non-hydrogen) atoms. The van der Waals surface area contributed by atoms with Crippen molar-refractivity contribution in [3.8, 4) is 0 Å². The Kier molecular flexibility index (Phi) is 5.55. The third kappa shape index (κ3) is 3.98. The second-order valence-corrected chi connectivity index (χ2v) is 4.57. The lowest BCUT2D eigenvalue weighted by Gasteiger charge is -2.13. The molecule has 5 nitrogen and oxygen atoms in total. The second-order valence-electron chi connectivity index (χ2n) is 4.57. The highest BCUT2D eigenvalue weighted by Gasteiger charge is 2.10. The Morgan fingerprint density at radius 2 is 1.94 bits per heavy atom. The molecule has 1 amide bonds. The summed E-state index contributed by atoms with van der Waals surface area (Å²) in [7, 11) is 3.40. The van der Waals surface area contributed by atoms with Crippen LogP contribution in [0.1, 0.15) is 37.2 Å². The van der Waals surface area contributed by atoms with Crippen molar-refractivity contribution >= 4 is 11.7 Å². The first kappa shape index (κ1) is 14.4. The van der Waals surface area contributed by atoms with Crippen LogP contribution in [0, 0.1) is 5.92 Å². The quantitative estimate of drug-likeness (QED) is 0.839. The number of anilines is 1. The molecule has 0 aliphatic carbocycles. The Morgan fingerprint density at radius 1 is 1.28 bits per heavy atom. The van der Waals surface area contributed by atoms with Crippen molar-refractivity contribution in [1.82, 2.24) is 15.1 Å². The van der Waals surface area contributed by atoms with Crippen LogP contribution >= 0.6 is 0 Å². The summed E-state index contributed by atoms with van der Waals surface area (Å²) in [6.07, 6.45) is 2.29. The molecule has 0 aliphatic rings. The highest BCUT2D eigenvalue weighted by molar-refractivity contribution is 5.91. The molecule has 1 N–H and O–H groups in total. The van der Waals surface area contributed by atoms with Gasteiger partial charge in [-0.25, -0.2) is 0 Å². The van der Waals surface area contributed by atoms with E-state index in [2.05, 4.69) is 29.4 Å². The maximum absolute atomic E-state index is 11.6. The molecule has 1 aromatic heterocycles. The molecule has 1 heterocycles. The number of hydrogen-bond donors (Lipinski definition) is 1. The summed E-state index contributed by atoms with van der Waals surface area (Å²) in [4.78, 5) is 13.1. The van der Waals surface area contributed by atoms with Crippen molar-refractivity contribution in [2.45, 2.75) is 26.7 Å². The van der Waals surface area contributed by atoms with Crippen LogP contribution in [0.25, 0.3) is 0 Å². The van der Waals surface area contributed by atoms with Gasteiger partial charge in [0.25, 0.3) is 5.91 Å². The van der Waals surface area contributed by atoms with Crippen LogP contribution in [0.4, 0.5) is 5.82 Å². The van der Waals surface area contributed by atoms with Gasteiger partial charge in [-0.15, -0.1) is 10.2 Å². The van der Waals surface area contributed by atoms with Crippen LogP contribution in [0.5, 0.6) is 0 Å². The van der Waals surface area contributed by atoms with Crippen LogP contribution < -0.4 is 5.32 Å². The van der Waals surface area contributed by atoms with E-state index in [1.54, 1.807) is 26.2 Å². The minimum atomic E-state index is -0.131. The fraction of sp³-hybridized carbons (Fsp3) is 0.615. The maximum Gasteiger partial charge on any atom is 0.273 e. The van der Waals surface area contributed by atoms with Crippen molar-refractivity contribution in [2.24, 2.45) is 5.92 Å². The minimum Gasteiger partial charge on any atom is -0.368 e. The number of rotatable bonds is 6. The Bertz CT molecular complexity index is 371. The Morgan fingerprint density at radius 3 is 2.39 bits per heavy atom. The van der Waals surface area contributed by atoms with Gasteiger partial charge in [0, 0.05) is 20.6 Å². The zero-order chi connectivity index (χ0) is 13.5. The topological polar surface area (TPSA) is 58.1 Å². The van der Waals surface area contributed by atoms with Gasteiger partial charge in [-0.1, -0.05) is 26.7 Å². The van der Waals surface area contributed by atoms with E-state index in [1.165, 1.54) is 4.90 Å². The smallest absolute Gasteiger partial charge is 0.273 e. The first-order valence-electron chi connectivity index (χ1n) is 6.37. The van der Waals surface area contributed by atoms with Crippen LogP contribution in [0.15, 0.2) is 12.1 Å². The summed E-state index contributed by atoms with van der Waals surface area (Å²) in [6.45, 7) is 5.25. The number of carbonyl (C=O) groups is 1. The second kappa shape index (κ2) is 6.93. The van der Waals surface area contributed by atoms with Crippen LogP contribution in [0.3, 0.4) is 0 Å². The fourth-order valence-electron chi connectivity index (χ4n) is 1.60. The molecule has 0 saturated carbocycles. The molecule has 0 aliphatic heterocycles. The molecule has 0 atom stereocenters. The van der Waals surface area contributed by atoms with Crippen LogP contribution in [-0.4, -0.2) is 41.6 Å². The fourth-order valence-corrected chi connectivity index (χ4v) is 1.60. The van der Waals surface area contributed by atoms with E-state index in [1.807, 2.05) is 0 Å². The highest BCUT2D eigenvalue weighted by Crippen LogP contribution is 2.09. The van der Waals surface area contributed by atoms with Gasteiger partial charge >= 0.3 is 0 Å². The third-order valence-corrected chi connectivity index (χ3v) is 3.02. The summed E-state index contributed by atoms with van der Waals surface area (Å²) in [5, 5.41) is 11.2.